The summed E-state index contributed by atoms with van der Waals surface area (Å²) in [4.78, 5) is 12.3. The molecule has 2 aromatic rings. The minimum atomic E-state index is -0.202. The second-order valence-corrected chi connectivity index (χ2v) is 6.24. The molecule has 1 aromatic carbocycles. The molecule has 2 heterocycles. The zero-order chi connectivity index (χ0) is 17.6. The summed E-state index contributed by atoms with van der Waals surface area (Å²) in [5, 5.41) is 3.78. The number of fused-ring (bicyclic) bond motifs is 1. The third-order valence-electron chi connectivity index (χ3n) is 4.43. The smallest absolute Gasteiger partial charge is 0.287 e. The number of hydrogen-bond donors (Lipinski definition) is 1. The number of carbonyl (C=O) groups excluding carboxylic acids is 1. The largest absolute Gasteiger partial charge is 0.497 e. The molecular weight excluding hydrogens is 322 g/mol. The molecule has 1 aliphatic rings. The van der Waals surface area contributed by atoms with Crippen LogP contribution in [0.3, 0.4) is 0 Å². The molecule has 1 N–H and O–H groups in total. The molecule has 136 valence electrons. The van der Waals surface area contributed by atoms with Crippen molar-refractivity contribution in [3.8, 4) is 5.75 Å². The van der Waals surface area contributed by atoms with Crippen LogP contribution in [0.4, 0.5) is 0 Å². The van der Waals surface area contributed by atoms with E-state index >= 15 is 0 Å². The predicted molar refractivity (Wildman–Crippen MR) is 94.2 cm³/mol. The van der Waals surface area contributed by atoms with Crippen LogP contribution in [0.25, 0.3) is 11.0 Å². The lowest BCUT2D eigenvalue weighted by molar-refractivity contribution is 0.0166. The molecule has 1 aliphatic heterocycles. The van der Waals surface area contributed by atoms with E-state index in [-0.39, 0.29) is 12.0 Å². The fourth-order valence-electron chi connectivity index (χ4n) is 2.99. The molecule has 3 rings (SSSR count). The van der Waals surface area contributed by atoms with Gasteiger partial charge in [-0.05, 0) is 44.4 Å². The number of hydrogen-bond acceptors (Lipinski definition) is 5. The van der Waals surface area contributed by atoms with Crippen LogP contribution in [0.1, 0.15) is 35.4 Å². The van der Waals surface area contributed by atoms with Gasteiger partial charge >= 0.3 is 0 Å². The molecular formula is C19H25NO5. The second kappa shape index (κ2) is 8.36. The van der Waals surface area contributed by atoms with Gasteiger partial charge in [-0.2, -0.15) is 0 Å². The molecule has 6 nitrogen and oxygen atoms in total. The Hall–Kier alpha value is -2.05. The van der Waals surface area contributed by atoms with Crippen molar-refractivity contribution in [3.63, 3.8) is 0 Å². The standard InChI is InChI=1S/C19H25NO5/c1-13-16-11-14(22-2)6-7-17(16)25-18(13)19(21)20-8-4-9-23-12-15-5-3-10-24-15/h6-7,11,15H,3-5,8-10,12H2,1-2H3,(H,20,21). The molecule has 0 bridgehead atoms. The Morgan fingerprint density at radius 2 is 2.28 bits per heavy atom. The van der Waals surface area contributed by atoms with E-state index in [0.717, 1.165) is 42.6 Å². The van der Waals surface area contributed by atoms with E-state index in [4.69, 9.17) is 18.6 Å². The van der Waals surface area contributed by atoms with Gasteiger partial charge in [-0.1, -0.05) is 0 Å². The van der Waals surface area contributed by atoms with Crippen LogP contribution in [0, 0.1) is 6.92 Å². The van der Waals surface area contributed by atoms with E-state index in [0.29, 0.717) is 31.1 Å². The van der Waals surface area contributed by atoms with Crippen LogP contribution in [0.15, 0.2) is 22.6 Å². The Balaban J connectivity index is 1.46. The van der Waals surface area contributed by atoms with Crippen molar-refractivity contribution in [2.45, 2.75) is 32.3 Å². The van der Waals surface area contributed by atoms with Crippen LogP contribution in [0.5, 0.6) is 5.75 Å². The second-order valence-electron chi connectivity index (χ2n) is 6.24. The van der Waals surface area contributed by atoms with Crippen LogP contribution in [-0.4, -0.2) is 45.5 Å². The zero-order valence-corrected chi connectivity index (χ0v) is 14.8. The number of furan rings is 1. The number of benzene rings is 1. The lowest BCUT2D eigenvalue weighted by atomic mass is 10.1. The van der Waals surface area contributed by atoms with Gasteiger partial charge < -0.3 is 23.9 Å². The third kappa shape index (κ3) is 4.32. The number of amides is 1. The van der Waals surface area contributed by atoms with E-state index in [2.05, 4.69) is 5.32 Å². The molecule has 1 amide bonds. The van der Waals surface area contributed by atoms with E-state index in [9.17, 15) is 4.79 Å². The summed E-state index contributed by atoms with van der Waals surface area (Å²) >= 11 is 0. The van der Waals surface area contributed by atoms with Gasteiger partial charge in [0.05, 0.1) is 19.8 Å². The number of methoxy groups -OCH3 is 1. The summed E-state index contributed by atoms with van der Waals surface area (Å²) in [5.41, 5.74) is 1.50. The van der Waals surface area contributed by atoms with Crippen molar-refractivity contribution in [1.29, 1.82) is 0 Å². The van der Waals surface area contributed by atoms with Crippen molar-refractivity contribution in [3.05, 3.63) is 29.5 Å². The van der Waals surface area contributed by atoms with Gasteiger partial charge in [0.1, 0.15) is 11.3 Å². The van der Waals surface area contributed by atoms with Crippen LogP contribution >= 0.6 is 0 Å². The molecule has 0 spiro atoms. The van der Waals surface area contributed by atoms with E-state index in [1.165, 1.54) is 0 Å². The average molecular weight is 347 g/mol. The third-order valence-corrected chi connectivity index (χ3v) is 4.43. The molecule has 6 heteroatoms. The lowest BCUT2D eigenvalue weighted by Gasteiger charge is -2.10. The maximum Gasteiger partial charge on any atom is 0.287 e. The number of aryl methyl sites for hydroxylation is 1. The van der Waals surface area contributed by atoms with Crippen molar-refractivity contribution in [2.24, 2.45) is 0 Å². The first-order chi connectivity index (χ1) is 12.2. The number of ether oxygens (including phenoxy) is 3. The predicted octanol–water partition coefficient (Wildman–Crippen LogP) is 3.07. The molecule has 1 unspecified atom stereocenters. The Bertz CT molecular complexity index is 718. The molecule has 1 aromatic heterocycles. The fourth-order valence-corrected chi connectivity index (χ4v) is 2.99. The highest BCUT2D eigenvalue weighted by Crippen LogP contribution is 2.28. The summed E-state index contributed by atoms with van der Waals surface area (Å²) in [6.45, 7) is 4.51. The van der Waals surface area contributed by atoms with Crippen LogP contribution < -0.4 is 10.1 Å². The van der Waals surface area contributed by atoms with Gasteiger partial charge in [-0.15, -0.1) is 0 Å². The Morgan fingerprint density at radius 1 is 1.40 bits per heavy atom. The highest BCUT2D eigenvalue weighted by Gasteiger charge is 2.18. The molecule has 25 heavy (non-hydrogen) atoms. The van der Waals surface area contributed by atoms with E-state index in [1.54, 1.807) is 7.11 Å². The van der Waals surface area contributed by atoms with Gasteiger partial charge in [0.15, 0.2) is 5.76 Å². The van der Waals surface area contributed by atoms with Crippen molar-refractivity contribution in [1.82, 2.24) is 5.32 Å². The summed E-state index contributed by atoms with van der Waals surface area (Å²) in [5.74, 6) is 0.891. The monoisotopic (exact) mass is 347 g/mol. The zero-order valence-electron chi connectivity index (χ0n) is 14.8. The summed E-state index contributed by atoms with van der Waals surface area (Å²) in [7, 11) is 1.62. The number of carbonyl (C=O) groups is 1. The van der Waals surface area contributed by atoms with Gasteiger partial charge in [0.2, 0.25) is 0 Å². The molecule has 1 fully saturated rings. The minimum absolute atomic E-state index is 0.202. The minimum Gasteiger partial charge on any atom is -0.497 e. The Morgan fingerprint density at radius 3 is 3.04 bits per heavy atom. The van der Waals surface area contributed by atoms with Gasteiger partial charge in [-0.25, -0.2) is 0 Å². The highest BCUT2D eigenvalue weighted by molar-refractivity contribution is 5.99. The molecule has 1 saturated heterocycles. The molecule has 1 atom stereocenters. The number of rotatable bonds is 8. The van der Waals surface area contributed by atoms with Gasteiger partial charge in [0.25, 0.3) is 5.91 Å². The Labute approximate surface area is 147 Å². The van der Waals surface area contributed by atoms with Crippen molar-refractivity contribution < 1.29 is 23.4 Å². The van der Waals surface area contributed by atoms with E-state index < -0.39 is 0 Å². The average Bonchev–Trinajstić information content (AvgIpc) is 3.25. The van der Waals surface area contributed by atoms with Gasteiger partial charge in [0, 0.05) is 30.7 Å². The molecule has 0 radical (unpaired) electrons. The summed E-state index contributed by atoms with van der Waals surface area (Å²) in [6.07, 6.45) is 3.19. The Kier molecular flexibility index (Phi) is 5.94. The fraction of sp³-hybridized carbons (Fsp3) is 0.526. The first-order valence-corrected chi connectivity index (χ1v) is 8.73. The number of nitrogens with one attached hydrogen (secondary N) is 1. The molecule has 0 saturated carbocycles. The van der Waals surface area contributed by atoms with Crippen LogP contribution in [-0.2, 0) is 9.47 Å². The van der Waals surface area contributed by atoms with Gasteiger partial charge in [-0.3, -0.25) is 4.79 Å². The van der Waals surface area contributed by atoms with Crippen molar-refractivity contribution in [2.75, 3.05) is 33.5 Å². The van der Waals surface area contributed by atoms with Crippen LogP contribution in [0.2, 0.25) is 0 Å². The lowest BCUT2D eigenvalue weighted by Crippen LogP contribution is -2.25. The molecule has 0 aliphatic carbocycles. The summed E-state index contributed by atoms with van der Waals surface area (Å²) in [6, 6.07) is 5.51. The SMILES string of the molecule is COc1ccc2oc(C(=O)NCCCOCC3CCCO3)c(C)c2c1. The first kappa shape index (κ1) is 17.8. The maximum atomic E-state index is 12.3. The maximum absolute atomic E-state index is 12.3. The van der Waals surface area contributed by atoms with Crippen molar-refractivity contribution >= 4 is 16.9 Å². The summed E-state index contributed by atoms with van der Waals surface area (Å²) < 4.78 is 22.0. The highest BCUT2D eigenvalue weighted by atomic mass is 16.5. The quantitative estimate of drug-likeness (QED) is 0.743. The normalized spacial score (nSPS) is 17.1. The first-order valence-electron chi connectivity index (χ1n) is 8.73. The van der Waals surface area contributed by atoms with E-state index in [1.807, 2.05) is 25.1 Å². The topological polar surface area (TPSA) is 69.9 Å².